The highest BCUT2D eigenvalue weighted by Gasteiger charge is 1.99. The summed E-state index contributed by atoms with van der Waals surface area (Å²) in [6.45, 7) is 1.66. The minimum Gasteiger partial charge on any atom is -0.497 e. The number of ether oxygens (including phenoxy) is 1. The Kier molecular flexibility index (Phi) is 7.73. The fourth-order valence-electron chi connectivity index (χ4n) is 1.39. The van der Waals surface area contributed by atoms with E-state index < -0.39 is 0 Å². The number of hydrogen-bond donors (Lipinski definition) is 4. The summed E-state index contributed by atoms with van der Waals surface area (Å²) in [5, 5.41) is 7.01. The quantitative estimate of drug-likeness (QED) is 0.471. The van der Waals surface area contributed by atoms with Gasteiger partial charge in [-0.1, -0.05) is 0 Å². The number of hydrogen-bond acceptors (Lipinski definition) is 4. The van der Waals surface area contributed by atoms with Crippen molar-refractivity contribution < 1.29 is 4.74 Å². The number of anilines is 1. The molecule has 0 aliphatic heterocycles. The number of methoxy groups -OCH3 is 1. The first-order valence-electron chi connectivity index (χ1n) is 6.41. The molecule has 1 aromatic rings. The van der Waals surface area contributed by atoms with E-state index in [4.69, 9.17) is 29.2 Å². The first-order valence-corrected chi connectivity index (χ1v) is 7.22. The molecule has 21 heavy (non-hydrogen) atoms. The third-order valence-corrected chi connectivity index (χ3v) is 2.93. The Morgan fingerprint density at radius 3 is 2.29 bits per heavy atom. The Morgan fingerprint density at radius 2 is 1.71 bits per heavy atom. The second-order valence-electron chi connectivity index (χ2n) is 4.49. The average Bonchev–Trinajstić information content (AvgIpc) is 2.45. The molecule has 0 aliphatic rings. The molecule has 1 aromatic carbocycles. The Morgan fingerprint density at radius 1 is 1.10 bits per heavy atom. The van der Waals surface area contributed by atoms with Gasteiger partial charge in [0.1, 0.15) is 5.75 Å². The van der Waals surface area contributed by atoms with Gasteiger partial charge in [-0.2, -0.15) is 0 Å². The van der Waals surface area contributed by atoms with Crippen LogP contribution in [-0.4, -0.2) is 49.4 Å². The van der Waals surface area contributed by atoms with E-state index in [-0.39, 0.29) is 0 Å². The Hall–Kier alpha value is -1.64. The zero-order valence-corrected chi connectivity index (χ0v) is 14.0. The first kappa shape index (κ1) is 17.4. The number of hydrazine groups is 1. The topological polar surface area (TPSA) is 60.6 Å². The molecule has 4 N–H and O–H groups in total. The van der Waals surface area contributed by atoms with E-state index in [0.717, 1.165) is 24.5 Å². The molecule has 1 rings (SSSR count). The molecule has 0 saturated carbocycles. The van der Waals surface area contributed by atoms with Gasteiger partial charge in [0.15, 0.2) is 10.2 Å². The fourth-order valence-corrected chi connectivity index (χ4v) is 1.71. The second kappa shape index (κ2) is 9.32. The van der Waals surface area contributed by atoms with Crippen molar-refractivity contribution in [1.29, 1.82) is 0 Å². The lowest BCUT2D eigenvalue weighted by atomic mass is 10.3. The van der Waals surface area contributed by atoms with Crippen molar-refractivity contribution >= 4 is 40.3 Å². The minimum atomic E-state index is 0.428. The van der Waals surface area contributed by atoms with Crippen molar-refractivity contribution in [3.63, 3.8) is 0 Å². The predicted octanol–water partition coefficient (Wildman–Crippen LogP) is 0.922. The average molecular weight is 327 g/mol. The summed E-state index contributed by atoms with van der Waals surface area (Å²) in [6.07, 6.45) is 0. The van der Waals surface area contributed by atoms with E-state index in [0.29, 0.717) is 10.2 Å². The normalized spacial score (nSPS) is 9.90. The molecular formula is C13H21N5OS2. The van der Waals surface area contributed by atoms with Crippen LogP contribution < -0.4 is 26.2 Å². The first-order chi connectivity index (χ1) is 10.0. The molecule has 0 aliphatic carbocycles. The van der Waals surface area contributed by atoms with Gasteiger partial charge in [-0.25, -0.2) is 0 Å². The van der Waals surface area contributed by atoms with E-state index in [1.807, 2.05) is 38.4 Å². The maximum atomic E-state index is 5.16. The Balaban J connectivity index is 2.25. The predicted molar refractivity (Wildman–Crippen MR) is 94.6 cm³/mol. The van der Waals surface area contributed by atoms with Gasteiger partial charge in [0, 0.05) is 18.8 Å². The molecule has 0 heterocycles. The Labute approximate surface area is 136 Å². The zero-order valence-electron chi connectivity index (χ0n) is 12.4. The van der Waals surface area contributed by atoms with Crippen LogP contribution in [0.2, 0.25) is 0 Å². The number of nitrogens with one attached hydrogen (secondary N) is 4. The van der Waals surface area contributed by atoms with E-state index in [2.05, 4.69) is 26.4 Å². The lowest BCUT2D eigenvalue weighted by molar-refractivity contribution is 0.412. The number of benzene rings is 1. The van der Waals surface area contributed by atoms with E-state index in [1.54, 1.807) is 7.11 Å². The highest BCUT2D eigenvalue weighted by Crippen LogP contribution is 2.14. The highest BCUT2D eigenvalue weighted by atomic mass is 32.1. The molecule has 0 amide bonds. The summed E-state index contributed by atoms with van der Waals surface area (Å²) in [4.78, 5) is 2.07. The van der Waals surface area contributed by atoms with Gasteiger partial charge in [-0.3, -0.25) is 10.9 Å². The monoisotopic (exact) mass is 327 g/mol. The van der Waals surface area contributed by atoms with Crippen molar-refractivity contribution in [3.05, 3.63) is 24.3 Å². The summed E-state index contributed by atoms with van der Waals surface area (Å²) >= 11 is 10.3. The molecule has 0 radical (unpaired) electrons. The third-order valence-electron chi connectivity index (χ3n) is 2.48. The van der Waals surface area contributed by atoms with Gasteiger partial charge in [-0.05, 0) is 62.8 Å². The van der Waals surface area contributed by atoms with E-state index >= 15 is 0 Å². The van der Waals surface area contributed by atoms with Gasteiger partial charge in [0.2, 0.25) is 0 Å². The lowest BCUT2D eigenvalue weighted by Crippen LogP contribution is -2.49. The SMILES string of the molecule is COc1ccc(NC(=S)NNC(=S)NCCN(C)C)cc1. The van der Waals surface area contributed by atoms with Crippen LogP contribution in [0.5, 0.6) is 5.75 Å². The summed E-state index contributed by atoms with van der Waals surface area (Å²) in [5.41, 5.74) is 6.50. The zero-order chi connectivity index (χ0) is 15.7. The van der Waals surface area contributed by atoms with E-state index in [9.17, 15) is 0 Å². The molecule has 116 valence electrons. The molecule has 0 unspecified atom stereocenters. The minimum absolute atomic E-state index is 0.428. The third kappa shape index (κ3) is 7.64. The van der Waals surface area contributed by atoms with Crippen molar-refractivity contribution in [1.82, 2.24) is 21.1 Å². The van der Waals surface area contributed by atoms with E-state index in [1.165, 1.54) is 0 Å². The van der Waals surface area contributed by atoms with Crippen LogP contribution in [0.25, 0.3) is 0 Å². The summed E-state index contributed by atoms with van der Waals surface area (Å²) < 4.78 is 5.09. The lowest BCUT2D eigenvalue weighted by Gasteiger charge is -2.15. The smallest absolute Gasteiger partial charge is 0.189 e. The second-order valence-corrected chi connectivity index (χ2v) is 5.31. The molecule has 0 fully saturated rings. The maximum Gasteiger partial charge on any atom is 0.189 e. The van der Waals surface area contributed by atoms with Crippen LogP contribution in [0.4, 0.5) is 5.69 Å². The Bertz CT molecular complexity index is 464. The summed E-state index contributed by atoms with van der Waals surface area (Å²) in [6, 6.07) is 7.46. The molecule has 6 nitrogen and oxygen atoms in total. The van der Waals surface area contributed by atoms with Gasteiger partial charge in [0.05, 0.1) is 7.11 Å². The maximum absolute atomic E-state index is 5.16. The largest absolute Gasteiger partial charge is 0.497 e. The van der Waals surface area contributed by atoms with Gasteiger partial charge < -0.3 is 20.3 Å². The van der Waals surface area contributed by atoms with Crippen LogP contribution in [0.15, 0.2) is 24.3 Å². The molecule has 0 spiro atoms. The van der Waals surface area contributed by atoms with Gasteiger partial charge >= 0.3 is 0 Å². The molecular weight excluding hydrogens is 306 g/mol. The van der Waals surface area contributed by atoms with Crippen molar-refractivity contribution in [2.24, 2.45) is 0 Å². The highest BCUT2D eigenvalue weighted by molar-refractivity contribution is 7.80. The van der Waals surface area contributed by atoms with Crippen LogP contribution in [-0.2, 0) is 0 Å². The van der Waals surface area contributed by atoms with Crippen LogP contribution in [0, 0.1) is 0 Å². The van der Waals surface area contributed by atoms with Crippen LogP contribution in [0.3, 0.4) is 0 Å². The standard InChI is InChI=1S/C13H21N5OS2/c1-18(2)9-8-14-12(20)16-17-13(21)15-10-4-6-11(19-3)7-5-10/h4-7H,8-9H2,1-3H3,(H2,14,16,20)(H2,15,17,21). The van der Waals surface area contributed by atoms with Crippen molar-refractivity contribution in [2.45, 2.75) is 0 Å². The molecule has 0 bridgehead atoms. The van der Waals surface area contributed by atoms with Gasteiger partial charge in [-0.15, -0.1) is 0 Å². The number of nitrogens with zero attached hydrogens (tertiary/aromatic N) is 1. The van der Waals surface area contributed by atoms with Crippen LogP contribution >= 0.6 is 24.4 Å². The van der Waals surface area contributed by atoms with Gasteiger partial charge in [0.25, 0.3) is 0 Å². The molecule has 0 atom stereocenters. The number of thiocarbonyl (C=S) groups is 2. The van der Waals surface area contributed by atoms with Crippen LogP contribution in [0.1, 0.15) is 0 Å². The van der Waals surface area contributed by atoms with Crippen molar-refractivity contribution in [2.75, 3.05) is 39.6 Å². The number of likely N-dealkylation sites (N-methyl/N-ethyl adjacent to an activating group) is 1. The van der Waals surface area contributed by atoms with Crippen molar-refractivity contribution in [3.8, 4) is 5.75 Å². The molecule has 0 saturated heterocycles. The summed E-state index contributed by atoms with van der Waals surface area (Å²) in [5.74, 6) is 0.795. The summed E-state index contributed by atoms with van der Waals surface area (Å²) in [7, 11) is 5.64. The number of rotatable bonds is 5. The fraction of sp³-hybridized carbons (Fsp3) is 0.385. The molecule has 0 aromatic heterocycles. The molecule has 8 heteroatoms.